The van der Waals surface area contributed by atoms with Crippen LogP contribution in [0.1, 0.15) is 40.2 Å². The number of hydrogen-bond acceptors (Lipinski definition) is 4. The van der Waals surface area contributed by atoms with Crippen LogP contribution in [-0.2, 0) is 0 Å². The number of aromatic amines is 1. The molecule has 0 amide bonds. The third-order valence-corrected chi connectivity index (χ3v) is 5.36. The molecule has 146 valence electrons. The molecule has 2 aromatic heterocycles. The predicted molar refractivity (Wildman–Crippen MR) is 119 cm³/mol. The summed E-state index contributed by atoms with van der Waals surface area (Å²) in [7, 11) is 0. The van der Waals surface area contributed by atoms with E-state index in [2.05, 4.69) is 65.8 Å². The maximum Gasteiger partial charge on any atom is 0.258 e. The van der Waals surface area contributed by atoms with Gasteiger partial charge in [0.05, 0.1) is 16.5 Å². The molecule has 3 aromatic rings. The average molecular weight is 442 g/mol. The van der Waals surface area contributed by atoms with Crippen molar-refractivity contribution < 1.29 is 5.11 Å². The molecule has 0 bridgehead atoms. The molecule has 0 radical (unpaired) electrons. The van der Waals surface area contributed by atoms with E-state index in [1.165, 1.54) is 0 Å². The van der Waals surface area contributed by atoms with Gasteiger partial charge in [0, 0.05) is 27.5 Å². The molecule has 1 aromatic carbocycles. The minimum absolute atomic E-state index is 0.0292. The first-order chi connectivity index (χ1) is 13.1. The molecule has 0 aliphatic heterocycles. The number of nitrogens with zero attached hydrogens (tertiary/aromatic N) is 1. The first-order valence-corrected chi connectivity index (χ1v) is 9.98. The van der Waals surface area contributed by atoms with Gasteiger partial charge in [-0.1, -0.05) is 48.5 Å². The van der Waals surface area contributed by atoms with Gasteiger partial charge in [-0.05, 0) is 37.5 Å². The van der Waals surface area contributed by atoms with Crippen LogP contribution >= 0.6 is 15.9 Å². The SMILES string of the molecule is CC(Nc1nc2c(C#C[C@@H](C)O)c[nH]c(=O)c2c2cc(Br)ccc12)C(C)(C)C. The minimum Gasteiger partial charge on any atom is -0.381 e. The summed E-state index contributed by atoms with van der Waals surface area (Å²) in [6, 6.07) is 5.97. The van der Waals surface area contributed by atoms with Gasteiger partial charge in [-0.2, -0.15) is 0 Å². The molecule has 2 atom stereocenters. The van der Waals surface area contributed by atoms with Crippen molar-refractivity contribution in [3.05, 3.63) is 44.8 Å². The van der Waals surface area contributed by atoms with Crippen molar-refractivity contribution in [2.75, 3.05) is 5.32 Å². The Hall–Kier alpha value is -2.36. The topological polar surface area (TPSA) is 78.0 Å². The number of rotatable bonds is 2. The van der Waals surface area contributed by atoms with Crippen molar-refractivity contribution in [3.8, 4) is 11.8 Å². The first-order valence-electron chi connectivity index (χ1n) is 9.18. The van der Waals surface area contributed by atoms with Gasteiger partial charge in [0.2, 0.25) is 0 Å². The highest BCUT2D eigenvalue weighted by Crippen LogP contribution is 2.32. The maximum atomic E-state index is 12.7. The molecule has 1 unspecified atom stereocenters. The van der Waals surface area contributed by atoms with Crippen LogP contribution in [0.3, 0.4) is 0 Å². The average Bonchev–Trinajstić information content (AvgIpc) is 2.59. The summed E-state index contributed by atoms with van der Waals surface area (Å²) < 4.78 is 0.877. The summed E-state index contributed by atoms with van der Waals surface area (Å²) in [5, 5.41) is 15.2. The molecular formula is C22H24BrN3O2. The molecule has 0 aliphatic carbocycles. The monoisotopic (exact) mass is 441 g/mol. The van der Waals surface area contributed by atoms with Crippen LogP contribution in [0.2, 0.25) is 0 Å². The fraction of sp³-hybridized carbons (Fsp3) is 0.364. The first kappa shape index (κ1) is 20.4. The van der Waals surface area contributed by atoms with Gasteiger partial charge in [0.15, 0.2) is 0 Å². The number of hydrogen-bond donors (Lipinski definition) is 3. The Labute approximate surface area is 172 Å². The molecule has 0 aliphatic rings. The fourth-order valence-corrected chi connectivity index (χ4v) is 3.16. The number of halogens is 1. The highest BCUT2D eigenvalue weighted by Gasteiger charge is 2.22. The normalized spacial score (nSPS) is 13.8. The second-order valence-electron chi connectivity index (χ2n) is 8.08. The summed E-state index contributed by atoms with van der Waals surface area (Å²) in [5.41, 5.74) is 0.903. The van der Waals surface area contributed by atoms with Gasteiger partial charge in [-0.3, -0.25) is 4.79 Å². The number of fused-ring (bicyclic) bond motifs is 3. The molecule has 0 fully saturated rings. The van der Waals surface area contributed by atoms with E-state index in [-0.39, 0.29) is 17.0 Å². The van der Waals surface area contributed by atoms with Crippen molar-refractivity contribution in [1.29, 1.82) is 0 Å². The summed E-state index contributed by atoms with van der Waals surface area (Å²) in [5.74, 6) is 6.37. The number of aromatic nitrogens is 2. The Morgan fingerprint density at radius 1 is 1.25 bits per heavy atom. The third kappa shape index (κ3) is 4.06. The number of aliphatic hydroxyl groups is 1. The Morgan fingerprint density at radius 2 is 1.96 bits per heavy atom. The fourth-order valence-electron chi connectivity index (χ4n) is 2.80. The molecule has 0 spiro atoms. The number of H-pyrrole nitrogens is 1. The Morgan fingerprint density at radius 3 is 2.61 bits per heavy atom. The van der Waals surface area contributed by atoms with Crippen LogP contribution in [0.4, 0.5) is 5.82 Å². The molecular weight excluding hydrogens is 418 g/mol. The van der Waals surface area contributed by atoms with Gasteiger partial charge in [-0.15, -0.1) is 0 Å². The van der Waals surface area contributed by atoms with E-state index < -0.39 is 6.10 Å². The predicted octanol–water partition coefficient (Wildman–Crippen LogP) is 4.42. The van der Waals surface area contributed by atoms with Crippen molar-refractivity contribution in [2.45, 2.75) is 46.8 Å². The summed E-state index contributed by atoms with van der Waals surface area (Å²) in [6.45, 7) is 10.2. The summed E-state index contributed by atoms with van der Waals surface area (Å²) in [4.78, 5) is 20.2. The van der Waals surface area contributed by atoms with Crippen LogP contribution in [-0.4, -0.2) is 27.2 Å². The quantitative estimate of drug-likeness (QED) is 0.406. The molecule has 2 heterocycles. The van der Waals surface area contributed by atoms with E-state index in [1.807, 2.05) is 18.2 Å². The number of pyridine rings is 2. The van der Waals surface area contributed by atoms with Crippen LogP contribution in [0.15, 0.2) is 33.7 Å². The summed E-state index contributed by atoms with van der Waals surface area (Å²) in [6.07, 6.45) is 0.781. The van der Waals surface area contributed by atoms with Crippen LogP contribution in [0.5, 0.6) is 0 Å². The van der Waals surface area contributed by atoms with Crippen molar-refractivity contribution >= 4 is 43.4 Å². The van der Waals surface area contributed by atoms with Crippen LogP contribution < -0.4 is 10.9 Å². The Kier molecular flexibility index (Phi) is 5.51. The van der Waals surface area contributed by atoms with Crippen molar-refractivity contribution in [2.24, 2.45) is 5.41 Å². The maximum absolute atomic E-state index is 12.7. The Balaban J connectivity index is 2.38. The van der Waals surface area contributed by atoms with Gasteiger partial charge in [0.1, 0.15) is 11.9 Å². The third-order valence-electron chi connectivity index (χ3n) is 4.86. The lowest BCUT2D eigenvalue weighted by Gasteiger charge is -2.29. The zero-order valence-corrected chi connectivity index (χ0v) is 18.2. The van der Waals surface area contributed by atoms with E-state index in [4.69, 9.17) is 4.98 Å². The van der Waals surface area contributed by atoms with Gasteiger partial charge in [0.25, 0.3) is 5.56 Å². The zero-order valence-electron chi connectivity index (χ0n) is 16.6. The van der Waals surface area contributed by atoms with E-state index in [1.54, 1.807) is 13.1 Å². The molecule has 0 saturated heterocycles. The number of aliphatic hydroxyl groups excluding tert-OH is 1. The summed E-state index contributed by atoms with van der Waals surface area (Å²) >= 11 is 3.50. The zero-order chi connectivity index (χ0) is 20.6. The highest BCUT2D eigenvalue weighted by molar-refractivity contribution is 9.10. The molecule has 28 heavy (non-hydrogen) atoms. The number of nitrogens with one attached hydrogen (secondary N) is 2. The molecule has 0 saturated carbocycles. The largest absolute Gasteiger partial charge is 0.381 e. The lowest BCUT2D eigenvalue weighted by Crippen LogP contribution is -2.31. The minimum atomic E-state index is -0.768. The van der Waals surface area contributed by atoms with Gasteiger partial charge in [-0.25, -0.2) is 4.98 Å². The van der Waals surface area contributed by atoms with Crippen molar-refractivity contribution in [1.82, 2.24) is 9.97 Å². The van der Waals surface area contributed by atoms with E-state index in [9.17, 15) is 9.90 Å². The number of anilines is 1. The van der Waals surface area contributed by atoms with Crippen molar-refractivity contribution in [3.63, 3.8) is 0 Å². The number of benzene rings is 1. The molecule has 5 nitrogen and oxygen atoms in total. The van der Waals surface area contributed by atoms with E-state index in [0.717, 1.165) is 15.2 Å². The van der Waals surface area contributed by atoms with Crippen LogP contribution in [0, 0.1) is 17.3 Å². The second kappa shape index (κ2) is 7.57. The lowest BCUT2D eigenvalue weighted by molar-refractivity contribution is 0.253. The Bertz CT molecular complexity index is 1160. The standard InChI is InChI=1S/C22H24BrN3O2/c1-12(27)6-7-14-11-24-21(28)18-17-10-15(23)8-9-16(17)20(26-19(14)18)25-13(2)22(3,4)5/h8-13,27H,1-5H3,(H,24,28)(H,25,26)/t12-,13?/m1/s1. The van der Waals surface area contributed by atoms with E-state index in [0.29, 0.717) is 22.3 Å². The molecule has 3 N–H and O–H groups in total. The lowest BCUT2D eigenvalue weighted by atomic mass is 9.88. The van der Waals surface area contributed by atoms with Gasteiger partial charge < -0.3 is 15.4 Å². The van der Waals surface area contributed by atoms with E-state index >= 15 is 0 Å². The second-order valence-corrected chi connectivity index (χ2v) is 9.00. The van der Waals surface area contributed by atoms with Crippen LogP contribution in [0.25, 0.3) is 21.7 Å². The molecule has 6 heteroatoms. The molecule has 3 rings (SSSR count). The highest BCUT2D eigenvalue weighted by atomic mass is 79.9. The smallest absolute Gasteiger partial charge is 0.258 e. The van der Waals surface area contributed by atoms with Gasteiger partial charge >= 0.3 is 0 Å².